The maximum atomic E-state index is 12.8. The summed E-state index contributed by atoms with van der Waals surface area (Å²) in [5.41, 5.74) is 3.47. The Morgan fingerprint density at radius 2 is 2.04 bits per heavy atom. The monoisotopic (exact) mass is 309 g/mol. The highest BCUT2D eigenvalue weighted by atomic mass is 16.2. The van der Waals surface area contributed by atoms with Crippen molar-refractivity contribution < 1.29 is 4.79 Å². The van der Waals surface area contributed by atoms with Crippen molar-refractivity contribution in [3.8, 4) is 0 Å². The van der Waals surface area contributed by atoms with E-state index in [0.29, 0.717) is 6.42 Å². The molecule has 2 heterocycles. The third kappa shape index (κ3) is 3.77. The number of hydrogen-bond donors (Lipinski definition) is 1. The first-order valence-corrected chi connectivity index (χ1v) is 8.26. The third-order valence-corrected chi connectivity index (χ3v) is 4.42. The van der Waals surface area contributed by atoms with E-state index in [9.17, 15) is 4.79 Å². The van der Waals surface area contributed by atoms with Crippen molar-refractivity contribution in [2.24, 2.45) is 0 Å². The molecule has 1 N–H and O–H groups in total. The van der Waals surface area contributed by atoms with E-state index in [4.69, 9.17) is 0 Å². The average Bonchev–Trinajstić information content (AvgIpc) is 2.63. The van der Waals surface area contributed by atoms with Gasteiger partial charge in [0.05, 0.1) is 12.5 Å². The number of pyridine rings is 1. The molecule has 1 unspecified atom stereocenters. The van der Waals surface area contributed by atoms with E-state index >= 15 is 0 Å². The molecule has 1 aliphatic heterocycles. The van der Waals surface area contributed by atoms with E-state index in [1.165, 1.54) is 5.56 Å². The molecule has 1 amide bonds. The second-order valence-corrected chi connectivity index (χ2v) is 5.94. The van der Waals surface area contributed by atoms with Gasteiger partial charge < -0.3 is 10.2 Å². The molecule has 0 spiro atoms. The minimum atomic E-state index is 0.0693. The topological polar surface area (TPSA) is 45.2 Å². The molecule has 1 aliphatic rings. The number of rotatable bonds is 4. The zero-order chi connectivity index (χ0) is 16.1. The van der Waals surface area contributed by atoms with Gasteiger partial charge >= 0.3 is 0 Å². The Balaban J connectivity index is 1.73. The van der Waals surface area contributed by atoms with Crippen LogP contribution in [0.15, 0.2) is 48.8 Å². The zero-order valence-electron chi connectivity index (χ0n) is 13.5. The molecule has 1 saturated heterocycles. The largest absolute Gasteiger partial charge is 0.333 e. The number of amides is 1. The second-order valence-electron chi connectivity index (χ2n) is 5.94. The average molecular weight is 309 g/mol. The number of nitrogens with zero attached hydrogens (tertiary/aromatic N) is 2. The molecule has 120 valence electrons. The van der Waals surface area contributed by atoms with Crippen LogP contribution in [0, 0.1) is 0 Å². The molecule has 1 fully saturated rings. The Hall–Kier alpha value is -2.20. The molecular weight excluding hydrogens is 286 g/mol. The van der Waals surface area contributed by atoms with Crippen LogP contribution in [0.25, 0.3) is 0 Å². The van der Waals surface area contributed by atoms with E-state index < -0.39 is 0 Å². The number of aromatic nitrogens is 1. The normalized spacial score (nSPS) is 18.0. The summed E-state index contributed by atoms with van der Waals surface area (Å²) in [6.45, 7) is 4.51. The Kier molecular flexibility index (Phi) is 5.03. The van der Waals surface area contributed by atoms with Gasteiger partial charge in [-0.25, -0.2) is 0 Å². The van der Waals surface area contributed by atoms with Crippen molar-refractivity contribution in [3.63, 3.8) is 0 Å². The van der Waals surface area contributed by atoms with Gasteiger partial charge in [-0.05, 0) is 29.2 Å². The van der Waals surface area contributed by atoms with Crippen molar-refractivity contribution >= 4 is 5.91 Å². The van der Waals surface area contributed by atoms with Crippen LogP contribution < -0.4 is 5.32 Å². The molecule has 4 heteroatoms. The molecule has 0 bridgehead atoms. The summed E-state index contributed by atoms with van der Waals surface area (Å²) in [5.74, 6) is 0.185. The Labute approximate surface area is 137 Å². The van der Waals surface area contributed by atoms with E-state index in [2.05, 4.69) is 41.5 Å². The van der Waals surface area contributed by atoms with Crippen LogP contribution in [-0.2, 0) is 17.6 Å². The number of hydrogen-bond acceptors (Lipinski definition) is 3. The van der Waals surface area contributed by atoms with Crippen molar-refractivity contribution in [2.45, 2.75) is 25.8 Å². The molecule has 1 aromatic carbocycles. The molecule has 1 aromatic heterocycles. The summed E-state index contributed by atoms with van der Waals surface area (Å²) in [5, 5.41) is 3.38. The van der Waals surface area contributed by atoms with Crippen LogP contribution >= 0.6 is 0 Å². The lowest BCUT2D eigenvalue weighted by molar-refractivity contribution is -0.133. The van der Waals surface area contributed by atoms with Gasteiger partial charge in [-0.1, -0.05) is 37.3 Å². The Morgan fingerprint density at radius 1 is 1.26 bits per heavy atom. The summed E-state index contributed by atoms with van der Waals surface area (Å²) < 4.78 is 0. The highest BCUT2D eigenvalue weighted by Gasteiger charge is 2.27. The highest BCUT2D eigenvalue weighted by molar-refractivity contribution is 5.79. The minimum Gasteiger partial charge on any atom is -0.333 e. The van der Waals surface area contributed by atoms with Gasteiger partial charge in [0.2, 0.25) is 5.91 Å². The molecule has 1 atom stereocenters. The Morgan fingerprint density at radius 3 is 2.74 bits per heavy atom. The van der Waals surface area contributed by atoms with Gasteiger partial charge in [0.15, 0.2) is 0 Å². The quantitative estimate of drug-likeness (QED) is 0.943. The highest BCUT2D eigenvalue weighted by Crippen LogP contribution is 2.22. The van der Waals surface area contributed by atoms with Crippen LogP contribution in [0.1, 0.15) is 29.7 Å². The fourth-order valence-corrected chi connectivity index (χ4v) is 3.04. The lowest BCUT2D eigenvalue weighted by Gasteiger charge is -2.36. The van der Waals surface area contributed by atoms with Gasteiger partial charge in [0.25, 0.3) is 0 Å². The van der Waals surface area contributed by atoms with Crippen LogP contribution in [0.3, 0.4) is 0 Å². The first kappa shape index (κ1) is 15.7. The van der Waals surface area contributed by atoms with E-state index in [0.717, 1.165) is 37.2 Å². The number of carbonyl (C=O) groups excluding carboxylic acids is 1. The van der Waals surface area contributed by atoms with Crippen molar-refractivity contribution in [2.75, 3.05) is 19.6 Å². The van der Waals surface area contributed by atoms with Crippen LogP contribution in [0.4, 0.5) is 0 Å². The van der Waals surface area contributed by atoms with Gasteiger partial charge in [0, 0.05) is 32.0 Å². The number of nitrogens with one attached hydrogen (secondary N) is 1. The lowest BCUT2D eigenvalue weighted by Crippen LogP contribution is -2.49. The summed E-state index contributed by atoms with van der Waals surface area (Å²) in [6.07, 6.45) is 5.10. The molecule has 0 radical (unpaired) electrons. The summed E-state index contributed by atoms with van der Waals surface area (Å²) in [7, 11) is 0. The fraction of sp³-hybridized carbons (Fsp3) is 0.368. The van der Waals surface area contributed by atoms with Gasteiger partial charge in [-0.3, -0.25) is 9.78 Å². The molecule has 4 nitrogen and oxygen atoms in total. The molecule has 2 aromatic rings. The zero-order valence-corrected chi connectivity index (χ0v) is 13.5. The predicted molar refractivity (Wildman–Crippen MR) is 91.1 cm³/mol. The molecule has 23 heavy (non-hydrogen) atoms. The molecule has 0 saturated carbocycles. The van der Waals surface area contributed by atoms with Crippen molar-refractivity contribution in [1.29, 1.82) is 0 Å². The summed E-state index contributed by atoms with van der Waals surface area (Å²) in [4.78, 5) is 19.0. The van der Waals surface area contributed by atoms with Gasteiger partial charge in [0.1, 0.15) is 0 Å². The predicted octanol–water partition coefficient (Wildman–Crippen LogP) is 2.36. The number of benzene rings is 1. The maximum Gasteiger partial charge on any atom is 0.227 e. The number of aryl methyl sites for hydroxylation is 1. The maximum absolute atomic E-state index is 12.8. The second kappa shape index (κ2) is 7.38. The van der Waals surface area contributed by atoms with E-state index in [-0.39, 0.29) is 11.9 Å². The van der Waals surface area contributed by atoms with Crippen LogP contribution in [0.2, 0.25) is 0 Å². The van der Waals surface area contributed by atoms with Gasteiger partial charge in [-0.15, -0.1) is 0 Å². The molecule has 3 rings (SSSR count). The summed E-state index contributed by atoms with van der Waals surface area (Å²) >= 11 is 0. The van der Waals surface area contributed by atoms with Crippen molar-refractivity contribution in [1.82, 2.24) is 15.2 Å². The van der Waals surface area contributed by atoms with Gasteiger partial charge in [-0.2, -0.15) is 0 Å². The van der Waals surface area contributed by atoms with Crippen molar-refractivity contribution in [3.05, 3.63) is 65.5 Å². The first-order chi connectivity index (χ1) is 11.3. The molecule has 0 aliphatic carbocycles. The number of piperazine rings is 1. The fourth-order valence-electron chi connectivity index (χ4n) is 3.04. The summed E-state index contributed by atoms with van der Waals surface area (Å²) in [6, 6.07) is 12.4. The van der Waals surface area contributed by atoms with Crippen LogP contribution in [0.5, 0.6) is 0 Å². The SMILES string of the molecule is CCc1ccc(CC(=O)N2CCNCC2c2cccnc2)cc1. The van der Waals surface area contributed by atoms with E-state index in [1.54, 1.807) is 6.20 Å². The smallest absolute Gasteiger partial charge is 0.227 e. The third-order valence-electron chi connectivity index (χ3n) is 4.42. The first-order valence-electron chi connectivity index (χ1n) is 8.26. The van der Waals surface area contributed by atoms with E-state index in [1.807, 2.05) is 23.2 Å². The lowest BCUT2D eigenvalue weighted by atomic mass is 10.0. The Bertz CT molecular complexity index is 639. The minimum absolute atomic E-state index is 0.0693. The van der Waals surface area contributed by atoms with Crippen LogP contribution in [-0.4, -0.2) is 35.4 Å². The number of carbonyl (C=O) groups is 1. The standard InChI is InChI=1S/C19H23N3O/c1-2-15-5-7-16(8-6-15)12-19(23)22-11-10-21-14-18(22)17-4-3-9-20-13-17/h3-9,13,18,21H,2,10-12,14H2,1H3. The molecular formula is C19H23N3O.